The molecule has 0 heterocycles. The van der Waals surface area contributed by atoms with E-state index >= 15 is 0 Å². The van der Waals surface area contributed by atoms with Crippen molar-refractivity contribution < 1.29 is 42.8 Å². The van der Waals surface area contributed by atoms with Crippen LogP contribution in [0.4, 0.5) is 22.0 Å². The predicted molar refractivity (Wildman–Crippen MR) is 80.7 cm³/mol. The van der Waals surface area contributed by atoms with Crippen molar-refractivity contribution in [1.29, 1.82) is 0 Å². The molecule has 1 aliphatic carbocycles. The summed E-state index contributed by atoms with van der Waals surface area (Å²) in [4.78, 5) is 0. The van der Waals surface area contributed by atoms with Gasteiger partial charge in [-0.3, -0.25) is 0 Å². The maximum atomic E-state index is 13.9. The molecule has 0 nitrogen and oxygen atoms in total. The molecular weight excluding hydrogens is 449 g/mol. The third-order valence-electron chi connectivity index (χ3n) is 3.54. The van der Waals surface area contributed by atoms with E-state index in [4.69, 9.17) is 17.0 Å². The van der Waals surface area contributed by atoms with Gasteiger partial charge in [0.25, 0.3) is 0 Å². The summed E-state index contributed by atoms with van der Waals surface area (Å²) >= 11 is -0.826. The number of halogens is 7. The van der Waals surface area contributed by atoms with E-state index in [1.807, 2.05) is 6.92 Å². The minimum absolute atomic E-state index is 0.0113. The SMILES string of the molecule is CC1=Cc2c(cccc2-c2c(F)c(F)c(F)c(F)c2F)C1.[Cl][Zr][Cl]. The summed E-state index contributed by atoms with van der Waals surface area (Å²) in [7, 11) is 9.87. The van der Waals surface area contributed by atoms with Crippen LogP contribution in [-0.2, 0) is 27.3 Å². The number of allylic oxidation sites excluding steroid dienone is 1. The van der Waals surface area contributed by atoms with E-state index in [9.17, 15) is 22.0 Å². The van der Waals surface area contributed by atoms with E-state index in [1.54, 1.807) is 18.2 Å². The van der Waals surface area contributed by atoms with Crippen molar-refractivity contribution in [2.75, 3.05) is 0 Å². The van der Waals surface area contributed by atoms with Crippen LogP contribution < -0.4 is 0 Å². The van der Waals surface area contributed by atoms with Crippen molar-refractivity contribution >= 4 is 23.1 Å². The van der Waals surface area contributed by atoms with Gasteiger partial charge in [-0.1, -0.05) is 29.8 Å². The Morgan fingerprint density at radius 2 is 1.38 bits per heavy atom. The first-order valence-corrected chi connectivity index (χ1v) is 12.9. The Hall–Kier alpha value is -0.707. The van der Waals surface area contributed by atoms with Gasteiger partial charge in [0.05, 0.1) is 5.56 Å². The van der Waals surface area contributed by atoms with Gasteiger partial charge in [-0.25, -0.2) is 22.0 Å². The van der Waals surface area contributed by atoms with Gasteiger partial charge in [0.15, 0.2) is 23.3 Å². The number of fused-ring (bicyclic) bond motifs is 1. The van der Waals surface area contributed by atoms with Crippen molar-refractivity contribution in [3.63, 3.8) is 0 Å². The van der Waals surface area contributed by atoms with Crippen molar-refractivity contribution in [2.24, 2.45) is 0 Å². The average molecular weight is 458 g/mol. The Morgan fingerprint density at radius 3 is 1.92 bits per heavy atom. The van der Waals surface area contributed by atoms with Gasteiger partial charge < -0.3 is 0 Å². The molecule has 0 amide bonds. The molecule has 0 aliphatic heterocycles. The summed E-state index contributed by atoms with van der Waals surface area (Å²) in [6, 6.07) is 4.66. The van der Waals surface area contributed by atoms with E-state index in [2.05, 4.69) is 0 Å². The van der Waals surface area contributed by atoms with E-state index in [-0.39, 0.29) is 5.56 Å². The van der Waals surface area contributed by atoms with Gasteiger partial charge in [0.1, 0.15) is 0 Å². The molecule has 24 heavy (non-hydrogen) atoms. The zero-order chi connectivity index (χ0) is 18.0. The first kappa shape index (κ1) is 19.6. The topological polar surface area (TPSA) is 0 Å². The Kier molecular flexibility index (Phi) is 6.63. The first-order valence-electron chi connectivity index (χ1n) is 6.60. The molecule has 0 spiro atoms. The number of benzene rings is 2. The van der Waals surface area contributed by atoms with Crippen LogP contribution in [0.3, 0.4) is 0 Å². The van der Waals surface area contributed by atoms with Crippen LogP contribution in [0.15, 0.2) is 23.8 Å². The summed E-state index contributed by atoms with van der Waals surface area (Å²) < 4.78 is 67.6. The van der Waals surface area contributed by atoms with Gasteiger partial charge in [-0.05, 0) is 30.0 Å². The van der Waals surface area contributed by atoms with E-state index < -0.39 is 55.5 Å². The molecule has 0 saturated heterocycles. The molecule has 126 valence electrons. The maximum absolute atomic E-state index is 13.9. The molecule has 0 atom stereocenters. The molecule has 0 aromatic heterocycles. The molecular formula is C16H9Cl2F5Zr. The molecule has 0 fully saturated rings. The van der Waals surface area contributed by atoms with Crippen LogP contribution in [0.1, 0.15) is 18.1 Å². The Balaban J connectivity index is 0.000000647. The first-order chi connectivity index (χ1) is 11.3. The van der Waals surface area contributed by atoms with Crippen LogP contribution >= 0.6 is 17.0 Å². The Bertz CT molecular complexity index is 792. The number of hydrogen-bond donors (Lipinski definition) is 0. The van der Waals surface area contributed by atoms with E-state index in [0.717, 1.165) is 11.1 Å². The fraction of sp³-hybridized carbons (Fsp3) is 0.125. The van der Waals surface area contributed by atoms with Gasteiger partial charge in [-0.2, -0.15) is 0 Å². The number of hydrogen-bond acceptors (Lipinski definition) is 0. The molecule has 8 heteroatoms. The second-order valence-corrected chi connectivity index (χ2v) is 8.79. The summed E-state index contributed by atoms with van der Waals surface area (Å²) in [6.45, 7) is 1.84. The summed E-state index contributed by atoms with van der Waals surface area (Å²) in [5.41, 5.74) is 1.39. The molecule has 0 N–H and O–H groups in total. The van der Waals surface area contributed by atoms with Crippen LogP contribution in [0.5, 0.6) is 0 Å². The quantitative estimate of drug-likeness (QED) is 0.264. The van der Waals surface area contributed by atoms with E-state index in [1.165, 1.54) is 6.07 Å². The Morgan fingerprint density at radius 1 is 0.875 bits per heavy atom. The summed E-state index contributed by atoms with van der Waals surface area (Å²) in [6.07, 6.45) is 2.29. The molecule has 0 bridgehead atoms. The molecule has 0 saturated carbocycles. The Labute approximate surface area is 153 Å². The van der Waals surface area contributed by atoms with Crippen molar-refractivity contribution in [3.05, 3.63) is 64.0 Å². The molecule has 0 radical (unpaired) electrons. The van der Waals surface area contributed by atoms with Gasteiger partial charge in [-0.15, -0.1) is 0 Å². The second kappa shape index (κ2) is 8.11. The second-order valence-electron chi connectivity index (χ2n) is 5.06. The van der Waals surface area contributed by atoms with Crippen LogP contribution in [-0.4, -0.2) is 0 Å². The molecule has 2 aromatic carbocycles. The average Bonchev–Trinajstić information content (AvgIpc) is 2.93. The fourth-order valence-electron chi connectivity index (χ4n) is 2.59. The van der Waals surface area contributed by atoms with Crippen LogP contribution in [0, 0.1) is 29.1 Å². The van der Waals surface area contributed by atoms with Gasteiger partial charge in [0.2, 0.25) is 5.82 Å². The normalized spacial score (nSPS) is 12.2. The fourth-order valence-corrected chi connectivity index (χ4v) is 2.59. The molecule has 0 unspecified atom stereocenters. The zero-order valence-corrected chi connectivity index (χ0v) is 16.1. The minimum atomic E-state index is -2.15. The predicted octanol–water partition coefficient (Wildman–Crippen LogP) is 6.39. The molecule has 2 aromatic rings. The summed E-state index contributed by atoms with van der Waals surface area (Å²) in [5.74, 6) is -9.62. The molecule has 3 rings (SSSR count). The monoisotopic (exact) mass is 456 g/mol. The van der Waals surface area contributed by atoms with E-state index in [0.29, 0.717) is 12.0 Å². The third kappa shape index (κ3) is 3.61. The van der Waals surface area contributed by atoms with Gasteiger partial charge >= 0.3 is 37.9 Å². The van der Waals surface area contributed by atoms with Crippen LogP contribution in [0.2, 0.25) is 0 Å². The number of rotatable bonds is 1. The van der Waals surface area contributed by atoms with Crippen LogP contribution in [0.25, 0.3) is 17.2 Å². The summed E-state index contributed by atoms with van der Waals surface area (Å²) in [5, 5.41) is 0. The molecule has 1 aliphatic rings. The van der Waals surface area contributed by atoms with Crippen molar-refractivity contribution in [1.82, 2.24) is 0 Å². The van der Waals surface area contributed by atoms with Crippen molar-refractivity contribution in [3.8, 4) is 11.1 Å². The third-order valence-corrected chi connectivity index (χ3v) is 3.54. The zero-order valence-electron chi connectivity index (χ0n) is 12.2. The standard InChI is InChI=1S/C16H9F5.2ClH.Zr/c1-7-5-8-3-2-4-9(10(8)6-7)11-12(17)14(19)16(21)15(20)13(11)18;;;/h2-4,6H,5H2,1H3;2*1H;/q;;;+2/p-2. The van der Waals surface area contributed by atoms with Gasteiger partial charge in [0, 0.05) is 0 Å². The van der Waals surface area contributed by atoms with Crippen molar-refractivity contribution in [2.45, 2.75) is 13.3 Å².